The molecule has 0 aliphatic carbocycles. The molecule has 78 heavy (non-hydrogen) atoms. The predicted octanol–water partition coefficient (Wildman–Crippen LogP) is 5.69. The molecule has 0 bridgehead atoms. The number of aromatic nitrogens is 3. The number of cyclic esters (lactones) is 1. The number of ether oxygens (including phenoxy) is 6. The van der Waals surface area contributed by atoms with Gasteiger partial charge in [0.05, 0.1) is 59.5 Å². The number of hydrogen-bond donors (Lipinski definition) is 5. The van der Waals surface area contributed by atoms with Crippen LogP contribution in [0.5, 0.6) is 0 Å². The van der Waals surface area contributed by atoms with Crippen LogP contribution in [0.4, 0.5) is 0 Å². The molecule has 0 unspecified atom stereocenters. The summed E-state index contributed by atoms with van der Waals surface area (Å²) < 4.78 is 40.2. The Balaban J connectivity index is 1.06. The Morgan fingerprint density at radius 3 is 2.19 bits per heavy atom. The second-order valence-electron chi connectivity index (χ2n) is 23.6. The SMILES string of the molecule is CC[C@H]1OC(=O)[C@H](C)[C@@H](O[C@H]2C[C@@](C)(OC)[C@@H](O)[C@H](C)O2)[C@H](C)[C@@H](O[C@@H]2O[C@H](C)C[C@H](N(C)CCc3cn(C[C@H]4CC(c5ccc(-c6ccc(SC)cc6)cc5)=NO4)nn3)[C@H]2O)[C@](C)(O)C[C@@H](C)CN(C)[C@H](C)[C@@H](O)[C@]1(C)O. The molecule has 19 nitrogen and oxygen atoms in total. The topological polar surface area (TPSA) is 232 Å². The van der Waals surface area contributed by atoms with Crippen molar-refractivity contribution in [2.24, 2.45) is 22.9 Å². The van der Waals surface area contributed by atoms with Crippen LogP contribution in [0.3, 0.4) is 0 Å². The smallest absolute Gasteiger partial charge is 0.311 e. The molecule has 2 aromatic carbocycles. The number of benzene rings is 2. The molecule has 0 saturated carbocycles. The van der Waals surface area contributed by atoms with Crippen LogP contribution in [0.2, 0.25) is 0 Å². The fourth-order valence-electron chi connectivity index (χ4n) is 12.2. The lowest BCUT2D eigenvalue weighted by atomic mass is 9.77. The normalized spacial score (nSPS) is 38.8. The van der Waals surface area contributed by atoms with Crippen LogP contribution in [0, 0.1) is 17.8 Å². The maximum Gasteiger partial charge on any atom is 0.311 e. The van der Waals surface area contributed by atoms with Gasteiger partial charge in [0.25, 0.3) is 0 Å². The van der Waals surface area contributed by atoms with Crippen LogP contribution in [0.1, 0.15) is 113 Å². The fraction of sp³-hybridized carbons (Fsp3) is 0.724. The first-order valence-electron chi connectivity index (χ1n) is 27.9. The Kier molecular flexibility index (Phi) is 20.7. The number of nitrogens with zero attached hydrogens (tertiary/aromatic N) is 6. The molecule has 19 atom stereocenters. The summed E-state index contributed by atoms with van der Waals surface area (Å²) in [5, 5.41) is 73.2. The zero-order valence-electron chi connectivity index (χ0n) is 48.4. The van der Waals surface area contributed by atoms with Gasteiger partial charge >= 0.3 is 5.97 Å². The van der Waals surface area contributed by atoms with E-state index in [2.05, 4.69) is 75.2 Å². The summed E-state index contributed by atoms with van der Waals surface area (Å²) in [5.74, 6) is -2.79. The van der Waals surface area contributed by atoms with E-state index in [1.807, 2.05) is 46.0 Å². The maximum atomic E-state index is 14.5. The Labute approximate surface area is 466 Å². The van der Waals surface area contributed by atoms with Gasteiger partial charge in [-0.25, -0.2) is 4.68 Å². The first-order valence-corrected chi connectivity index (χ1v) is 29.1. The van der Waals surface area contributed by atoms with Crippen LogP contribution in [0.15, 0.2) is 64.8 Å². The van der Waals surface area contributed by atoms with Gasteiger partial charge in [-0.2, -0.15) is 0 Å². The Hall–Kier alpha value is -3.61. The molecule has 3 fully saturated rings. The van der Waals surface area contributed by atoms with E-state index in [4.69, 9.17) is 33.3 Å². The Morgan fingerprint density at radius 2 is 1.55 bits per heavy atom. The van der Waals surface area contributed by atoms with E-state index in [-0.39, 0.29) is 37.4 Å². The first kappa shape index (κ1) is 62.0. The first-order chi connectivity index (χ1) is 36.8. The zero-order valence-corrected chi connectivity index (χ0v) is 49.2. The molecule has 20 heteroatoms. The van der Waals surface area contributed by atoms with Crippen LogP contribution < -0.4 is 0 Å². The molecule has 3 aromatic rings. The number of thioether (sulfide) groups is 1. The lowest BCUT2D eigenvalue weighted by Gasteiger charge is -2.49. The number of carbonyl (C=O) groups excluding carboxylic acids is 1. The highest BCUT2D eigenvalue weighted by molar-refractivity contribution is 7.98. The highest BCUT2D eigenvalue weighted by Gasteiger charge is 2.53. The minimum Gasteiger partial charge on any atom is -0.459 e. The van der Waals surface area contributed by atoms with E-state index in [9.17, 15) is 30.3 Å². The zero-order chi connectivity index (χ0) is 57.0. The average Bonchev–Trinajstić information content (AvgIpc) is 4.08. The van der Waals surface area contributed by atoms with Crippen LogP contribution in [-0.4, -0.2) is 199 Å². The minimum absolute atomic E-state index is 0.101. The van der Waals surface area contributed by atoms with Crippen molar-refractivity contribution in [3.05, 3.63) is 66.0 Å². The van der Waals surface area contributed by atoms with Crippen molar-refractivity contribution in [2.75, 3.05) is 40.6 Å². The fourth-order valence-corrected chi connectivity index (χ4v) is 12.6. The molecule has 4 aliphatic heterocycles. The molecule has 0 amide bonds. The molecular weight excluding hydrogens is 1020 g/mol. The van der Waals surface area contributed by atoms with Crippen molar-refractivity contribution < 1.29 is 63.6 Å². The molecule has 4 aliphatic rings. The number of esters is 1. The molecule has 5 N–H and O–H groups in total. The summed E-state index contributed by atoms with van der Waals surface area (Å²) in [6.45, 7) is 19.0. The van der Waals surface area contributed by atoms with E-state index in [1.165, 1.54) is 18.9 Å². The van der Waals surface area contributed by atoms with Gasteiger partial charge in [0.2, 0.25) is 0 Å². The van der Waals surface area contributed by atoms with Crippen LogP contribution >= 0.6 is 11.8 Å². The van der Waals surface area contributed by atoms with Crippen molar-refractivity contribution >= 4 is 23.4 Å². The number of rotatable bonds is 15. The number of aliphatic hydroxyl groups is 5. The lowest BCUT2D eigenvalue weighted by Crippen LogP contribution is -2.61. The van der Waals surface area contributed by atoms with Gasteiger partial charge < -0.3 is 68.6 Å². The van der Waals surface area contributed by atoms with Crippen molar-refractivity contribution in [1.29, 1.82) is 0 Å². The van der Waals surface area contributed by atoms with Gasteiger partial charge in [-0.1, -0.05) is 67.5 Å². The number of oxime groups is 1. The van der Waals surface area contributed by atoms with Crippen molar-refractivity contribution in [3.63, 3.8) is 0 Å². The lowest BCUT2D eigenvalue weighted by molar-refractivity contribution is -0.318. The number of likely N-dealkylation sites (N-methyl/N-ethyl adjacent to an activating group) is 2. The number of carbonyl (C=O) groups is 1. The van der Waals surface area contributed by atoms with E-state index in [0.717, 1.165) is 28.1 Å². The van der Waals surface area contributed by atoms with E-state index in [0.29, 0.717) is 38.9 Å². The predicted molar refractivity (Wildman–Crippen MR) is 297 cm³/mol. The average molecular weight is 1110 g/mol. The summed E-state index contributed by atoms with van der Waals surface area (Å²) >= 11 is 1.72. The maximum absolute atomic E-state index is 14.5. The second-order valence-corrected chi connectivity index (χ2v) is 24.5. The van der Waals surface area contributed by atoms with Crippen molar-refractivity contribution in [2.45, 2.75) is 216 Å². The molecule has 0 spiro atoms. The van der Waals surface area contributed by atoms with Gasteiger partial charge in [0.15, 0.2) is 18.7 Å². The molecular formula is C58H90N6O13S. The number of hydrogen-bond acceptors (Lipinski definition) is 19. The summed E-state index contributed by atoms with van der Waals surface area (Å²) in [5.41, 5.74) is 0.436. The molecule has 1 aromatic heterocycles. The largest absolute Gasteiger partial charge is 0.459 e. The van der Waals surface area contributed by atoms with Gasteiger partial charge in [-0.05, 0) is 123 Å². The quantitative estimate of drug-likeness (QED) is 0.0909. The second kappa shape index (κ2) is 26.1. The molecule has 7 rings (SSSR count). The van der Waals surface area contributed by atoms with Gasteiger partial charge in [-0.3, -0.25) is 4.79 Å². The highest BCUT2D eigenvalue weighted by atomic mass is 32.2. The summed E-state index contributed by atoms with van der Waals surface area (Å²) in [4.78, 5) is 25.6. The van der Waals surface area contributed by atoms with Crippen LogP contribution in [0.25, 0.3) is 11.1 Å². The van der Waals surface area contributed by atoms with Gasteiger partial charge in [-0.15, -0.1) is 16.9 Å². The van der Waals surface area contributed by atoms with Crippen LogP contribution in [-0.2, 0) is 51.0 Å². The molecule has 0 radical (unpaired) electrons. The van der Waals surface area contributed by atoms with Gasteiger partial charge in [0, 0.05) is 68.6 Å². The number of methoxy groups -OCH3 is 1. The summed E-state index contributed by atoms with van der Waals surface area (Å²) in [7, 11) is 5.30. The monoisotopic (exact) mass is 1110 g/mol. The highest BCUT2D eigenvalue weighted by Crippen LogP contribution is 2.41. The van der Waals surface area contributed by atoms with Crippen molar-refractivity contribution in [3.8, 4) is 11.1 Å². The third-order valence-corrected chi connectivity index (χ3v) is 17.9. The van der Waals surface area contributed by atoms with E-state index in [1.54, 1.807) is 58.0 Å². The molecule has 3 saturated heterocycles. The molecule has 5 heterocycles. The van der Waals surface area contributed by atoms with Gasteiger partial charge in [0.1, 0.15) is 30.0 Å². The third-order valence-electron chi connectivity index (χ3n) is 17.2. The number of aliphatic hydroxyl groups excluding tert-OH is 3. The van der Waals surface area contributed by atoms with E-state index >= 15 is 0 Å². The van der Waals surface area contributed by atoms with Crippen molar-refractivity contribution in [1.82, 2.24) is 24.8 Å². The summed E-state index contributed by atoms with van der Waals surface area (Å²) in [6.07, 6.45) is -4.12. The Morgan fingerprint density at radius 1 is 0.897 bits per heavy atom. The minimum atomic E-state index is -1.84. The molecule has 436 valence electrons. The standard InChI is InChI=1S/C58H90N6O13S/c1-15-47-58(10,70)51(66)37(6)63(12)30-33(2)28-56(8,69)53(35(4)50(36(5)54(68)74-47)75-48-29-57(9,71-13)52(67)38(7)73-48)76-55-49(65)46(26-34(3)72-55)62(11)25-24-42-31-64(61-59-42)32-43-27-45(60-77-43)41-18-16-39(17-19-41)40-20-22-44(78-14)23-21-40/h16-23,31,33-38,43,46-53,55,65-67,69-70H,15,24-30,32H2,1-14H3/t33-,34-,35+,36-,37-,38+,43-,46+,47-,48+,49-,50+,51-,52+,53-,55+,56-,57-,58-/m1/s1. The third kappa shape index (κ3) is 14.3. The Bertz CT molecular complexity index is 2430. The van der Waals surface area contributed by atoms with E-state index < -0.39 is 102 Å². The summed E-state index contributed by atoms with van der Waals surface area (Å²) in [6, 6.07) is 15.9.